The summed E-state index contributed by atoms with van der Waals surface area (Å²) >= 11 is 0. The lowest BCUT2D eigenvalue weighted by Crippen LogP contribution is -2.19. The molecule has 0 saturated carbocycles. The minimum atomic E-state index is -0.224. The summed E-state index contributed by atoms with van der Waals surface area (Å²) in [5, 5.41) is 8.36. The number of anilines is 2. The Labute approximate surface area is 159 Å². The summed E-state index contributed by atoms with van der Waals surface area (Å²) in [5.74, 6) is -0.0485. The summed E-state index contributed by atoms with van der Waals surface area (Å²) < 4.78 is 0. The van der Waals surface area contributed by atoms with Gasteiger partial charge < -0.3 is 16.0 Å². The van der Waals surface area contributed by atoms with Crippen LogP contribution >= 0.6 is 0 Å². The van der Waals surface area contributed by atoms with Crippen molar-refractivity contribution in [2.24, 2.45) is 5.92 Å². The molecule has 0 bridgehead atoms. The van der Waals surface area contributed by atoms with Crippen LogP contribution in [0.5, 0.6) is 0 Å². The Balaban J connectivity index is 1.91. The van der Waals surface area contributed by atoms with Crippen LogP contribution in [0, 0.1) is 5.92 Å². The zero-order valence-corrected chi connectivity index (χ0v) is 15.8. The fraction of sp³-hybridized carbons (Fsp3) is 0.286. The van der Waals surface area contributed by atoms with Crippen molar-refractivity contribution >= 4 is 29.1 Å². The van der Waals surface area contributed by atoms with Crippen LogP contribution in [0.1, 0.15) is 43.1 Å². The van der Waals surface area contributed by atoms with Gasteiger partial charge in [0, 0.05) is 36.8 Å². The summed E-state index contributed by atoms with van der Waals surface area (Å²) in [5.41, 5.74) is 2.78. The predicted molar refractivity (Wildman–Crippen MR) is 106 cm³/mol. The average Bonchev–Trinajstić information content (AvgIpc) is 2.61. The van der Waals surface area contributed by atoms with E-state index >= 15 is 0 Å². The van der Waals surface area contributed by atoms with Gasteiger partial charge in [-0.2, -0.15) is 0 Å². The van der Waals surface area contributed by atoms with Gasteiger partial charge >= 0.3 is 0 Å². The molecule has 0 aliphatic heterocycles. The Hall–Kier alpha value is -3.15. The van der Waals surface area contributed by atoms with Gasteiger partial charge in [-0.25, -0.2) is 0 Å². The van der Waals surface area contributed by atoms with Gasteiger partial charge in [0.15, 0.2) is 0 Å². The Morgan fingerprint density at radius 1 is 0.852 bits per heavy atom. The molecule has 27 heavy (non-hydrogen) atoms. The molecule has 0 radical (unpaired) electrons. The first-order valence-electron chi connectivity index (χ1n) is 8.88. The van der Waals surface area contributed by atoms with Crippen LogP contribution in [0.3, 0.4) is 0 Å². The molecule has 0 atom stereocenters. The third-order valence-electron chi connectivity index (χ3n) is 3.78. The molecule has 3 amide bonds. The van der Waals surface area contributed by atoms with Crippen LogP contribution in [0.4, 0.5) is 11.4 Å². The zero-order chi connectivity index (χ0) is 19.8. The molecule has 0 spiro atoms. The fourth-order valence-corrected chi connectivity index (χ4v) is 2.42. The van der Waals surface area contributed by atoms with Crippen molar-refractivity contribution in [3.05, 3.63) is 59.7 Å². The number of hydrogen-bond donors (Lipinski definition) is 3. The molecule has 3 N–H and O–H groups in total. The number of carbonyl (C=O) groups excluding carboxylic acids is 3. The van der Waals surface area contributed by atoms with E-state index in [2.05, 4.69) is 16.0 Å². The van der Waals surface area contributed by atoms with Crippen molar-refractivity contribution in [3.63, 3.8) is 0 Å². The van der Waals surface area contributed by atoms with Crippen LogP contribution < -0.4 is 16.0 Å². The van der Waals surface area contributed by atoms with Gasteiger partial charge in [-0.05, 0) is 47.9 Å². The van der Waals surface area contributed by atoms with Gasteiger partial charge in [0.2, 0.25) is 11.8 Å². The summed E-state index contributed by atoms with van der Waals surface area (Å²) in [7, 11) is 0. The second kappa shape index (κ2) is 9.52. The van der Waals surface area contributed by atoms with E-state index in [4.69, 9.17) is 0 Å². The highest BCUT2D eigenvalue weighted by Crippen LogP contribution is 2.16. The molecule has 0 saturated heterocycles. The van der Waals surface area contributed by atoms with E-state index in [9.17, 15) is 14.4 Å². The number of carbonyl (C=O) groups is 3. The van der Waals surface area contributed by atoms with E-state index in [1.807, 2.05) is 13.8 Å². The summed E-state index contributed by atoms with van der Waals surface area (Å²) in [6, 6.07) is 14.0. The Kier molecular flexibility index (Phi) is 7.11. The van der Waals surface area contributed by atoms with Crippen molar-refractivity contribution in [2.45, 2.75) is 33.7 Å². The van der Waals surface area contributed by atoms with E-state index < -0.39 is 0 Å². The van der Waals surface area contributed by atoms with Crippen LogP contribution in [0.25, 0.3) is 0 Å². The molecular formula is C21H25N3O3. The lowest BCUT2D eigenvalue weighted by Gasteiger charge is -2.09. The number of benzene rings is 2. The molecule has 0 aliphatic carbocycles. The van der Waals surface area contributed by atoms with Gasteiger partial charge in [0.25, 0.3) is 5.91 Å². The normalized spacial score (nSPS) is 10.4. The fourth-order valence-electron chi connectivity index (χ4n) is 2.42. The molecule has 6 heteroatoms. The monoisotopic (exact) mass is 367 g/mol. The van der Waals surface area contributed by atoms with Gasteiger partial charge in [-0.15, -0.1) is 0 Å². The molecule has 2 rings (SSSR count). The third-order valence-corrected chi connectivity index (χ3v) is 3.78. The maximum absolute atomic E-state index is 12.3. The molecule has 0 unspecified atom stereocenters. The molecule has 0 aromatic heterocycles. The van der Waals surface area contributed by atoms with Crippen LogP contribution in [0.2, 0.25) is 0 Å². The van der Waals surface area contributed by atoms with E-state index in [0.29, 0.717) is 35.8 Å². The van der Waals surface area contributed by atoms with Gasteiger partial charge in [-0.1, -0.05) is 26.0 Å². The molecule has 0 aliphatic rings. The van der Waals surface area contributed by atoms with E-state index in [-0.39, 0.29) is 17.7 Å². The predicted octanol–water partition coefficient (Wildman–Crippen LogP) is 3.56. The van der Waals surface area contributed by atoms with Gasteiger partial charge in [0.1, 0.15) is 0 Å². The number of hydrogen-bond acceptors (Lipinski definition) is 3. The number of nitrogens with one attached hydrogen (secondary N) is 3. The van der Waals surface area contributed by atoms with Crippen molar-refractivity contribution in [3.8, 4) is 0 Å². The van der Waals surface area contributed by atoms with Crippen molar-refractivity contribution in [1.29, 1.82) is 0 Å². The maximum atomic E-state index is 12.3. The van der Waals surface area contributed by atoms with Gasteiger partial charge in [-0.3, -0.25) is 14.4 Å². The third kappa shape index (κ3) is 6.93. The van der Waals surface area contributed by atoms with E-state index in [1.54, 1.807) is 48.5 Å². The van der Waals surface area contributed by atoms with Gasteiger partial charge in [0.05, 0.1) is 0 Å². The van der Waals surface area contributed by atoms with Crippen molar-refractivity contribution in [2.75, 3.05) is 10.6 Å². The second-order valence-electron chi connectivity index (χ2n) is 6.78. The summed E-state index contributed by atoms with van der Waals surface area (Å²) in [4.78, 5) is 35.0. The standard InChI is InChI=1S/C21H25N3O3/c1-14(2)12-20(26)23-18-8-10-19(11-9-18)24-21(27)17-6-4-16(5-7-17)13-22-15(3)25/h4-11,14H,12-13H2,1-3H3,(H,22,25)(H,23,26)(H,24,27). The minimum Gasteiger partial charge on any atom is -0.352 e. The van der Waals surface area contributed by atoms with Crippen LogP contribution in [-0.4, -0.2) is 17.7 Å². The Morgan fingerprint density at radius 2 is 1.41 bits per heavy atom. The average molecular weight is 367 g/mol. The molecule has 0 fully saturated rings. The smallest absolute Gasteiger partial charge is 0.255 e. The largest absolute Gasteiger partial charge is 0.352 e. The van der Waals surface area contributed by atoms with Crippen LogP contribution in [-0.2, 0) is 16.1 Å². The lowest BCUT2D eigenvalue weighted by atomic mass is 10.1. The second-order valence-corrected chi connectivity index (χ2v) is 6.78. The van der Waals surface area contributed by atoms with E-state index in [1.165, 1.54) is 6.92 Å². The highest BCUT2D eigenvalue weighted by molar-refractivity contribution is 6.04. The summed E-state index contributed by atoms with van der Waals surface area (Å²) in [6.07, 6.45) is 0.469. The van der Waals surface area contributed by atoms with Crippen molar-refractivity contribution in [1.82, 2.24) is 5.32 Å². The number of rotatable bonds is 7. The first kappa shape index (κ1) is 20.2. The molecule has 142 valence electrons. The molecule has 6 nitrogen and oxygen atoms in total. The molecule has 2 aromatic carbocycles. The SMILES string of the molecule is CC(=O)NCc1ccc(C(=O)Nc2ccc(NC(=O)CC(C)C)cc2)cc1. The first-order valence-corrected chi connectivity index (χ1v) is 8.88. The Bertz CT molecular complexity index is 796. The highest BCUT2D eigenvalue weighted by atomic mass is 16.2. The molecule has 2 aromatic rings. The highest BCUT2D eigenvalue weighted by Gasteiger charge is 2.08. The van der Waals surface area contributed by atoms with E-state index in [0.717, 1.165) is 5.56 Å². The minimum absolute atomic E-state index is 0.0267. The summed E-state index contributed by atoms with van der Waals surface area (Å²) in [6.45, 7) is 5.87. The zero-order valence-electron chi connectivity index (χ0n) is 15.8. The molecular weight excluding hydrogens is 342 g/mol. The topological polar surface area (TPSA) is 87.3 Å². The lowest BCUT2D eigenvalue weighted by molar-refractivity contribution is -0.119. The van der Waals surface area contributed by atoms with Crippen molar-refractivity contribution < 1.29 is 14.4 Å². The quantitative estimate of drug-likeness (QED) is 0.699. The number of amides is 3. The Morgan fingerprint density at radius 3 is 1.93 bits per heavy atom. The maximum Gasteiger partial charge on any atom is 0.255 e. The molecule has 0 heterocycles. The first-order chi connectivity index (χ1) is 12.8. The van der Waals surface area contributed by atoms with Crippen LogP contribution in [0.15, 0.2) is 48.5 Å².